The Labute approximate surface area is 197 Å². The lowest BCUT2D eigenvalue weighted by Crippen LogP contribution is -2.59. The van der Waals surface area contributed by atoms with Crippen LogP contribution >= 0.6 is 27.7 Å². The summed E-state index contributed by atoms with van der Waals surface area (Å²) in [5.74, 6) is 0.381. The monoisotopic (exact) mass is 541 g/mol. The van der Waals surface area contributed by atoms with Crippen molar-refractivity contribution in [3.05, 3.63) is 46.9 Å². The Morgan fingerprint density at radius 3 is 2.56 bits per heavy atom. The third-order valence-corrected chi connectivity index (χ3v) is 8.41. The van der Waals surface area contributed by atoms with Crippen molar-refractivity contribution < 1.29 is 27.5 Å². The summed E-state index contributed by atoms with van der Waals surface area (Å²) < 4.78 is 37.3. The van der Waals surface area contributed by atoms with Crippen LogP contribution in [0.15, 0.2) is 51.8 Å². The first-order valence-electron chi connectivity index (χ1n) is 9.67. The quantitative estimate of drug-likeness (QED) is 0.505. The maximum atomic E-state index is 12.8. The van der Waals surface area contributed by atoms with Gasteiger partial charge in [-0.2, -0.15) is 0 Å². The van der Waals surface area contributed by atoms with Crippen molar-refractivity contribution in [3.8, 4) is 11.5 Å². The van der Waals surface area contributed by atoms with Crippen molar-refractivity contribution >= 4 is 55.0 Å². The van der Waals surface area contributed by atoms with Crippen molar-refractivity contribution in [2.75, 3.05) is 30.8 Å². The molecule has 0 saturated carbocycles. The van der Waals surface area contributed by atoms with Crippen molar-refractivity contribution in [2.45, 2.75) is 15.6 Å². The van der Waals surface area contributed by atoms with Gasteiger partial charge in [0.15, 0.2) is 26.6 Å². The highest BCUT2D eigenvalue weighted by molar-refractivity contribution is 9.10. The van der Waals surface area contributed by atoms with Gasteiger partial charge in [0, 0.05) is 22.8 Å². The zero-order chi connectivity index (χ0) is 22.7. The predicted octanol–water partition coefficient (Wildman–Crippen LogP) is 1.74. The number of anilines is 1. The second-order valence-electron chi connectivity index (χ2n) is 7.00. The Morgan fingerprint density at radius 1 is 1.12 bits per heavy atom. The molecule has 2 aliphatic rings. The summed E-state index contributed by atoms with van der Waals surface area (Å²) in [5, 5.41) is 7.12. The van der Waals surface area contributed by atoms with Gasteiger partial charge in [-0.1, -0.05) is 15.9 Å². The van der Waals surface area contributed by atoms with E-state index in [0.29, 0.717) is 30.4 Å². The molecule has 2 aliphatic heterocycles. The average molecular weight is 542 g/mol. The molecule has 0 radical (unpaired) electrons. The standard InChI is InChI=1S/C20H20BrN3O6S2/c21-12-1-4-14(5-2-12)32(27,28)17-10-22-20(24-19(17)26)31-11-18(25)23-13-3-6-15-16(9-13)30-8-7-29-15/h1-6,9,17,20,22H,7-8,10-11H2,(H,23,25)(H,24,26). The number of ether oxygens (including phenoxy) is 2. The van der Waals surface area contributed by atoms with E-state index in [9.17, 15) is 18.0 Å². The zero-order valence-electron chi connectivity index (χ0n) is 16.7. The Morgan fingerprint density at radius 2 is 1.84 bits per heavy atom. The normalized spacial score (nSPS) is 20.3. The molecule has 2 aromatic carbocycles. The molecule has 2 atom stereocenters. The maximum Gasteiger partial charge on any atom is 0.241 e. The highest BCUT2D eigenvalue weighted by atomic mass is 79.9. The average Bonchev–Trinajstić information content (AvgIpc) is 2.78. The molecule has 32 heavy (non-hydrogen) atoms. The smallest absolute Gasteiger partial charge is 0.241 e. The molecule has 2 aromatic rings. The largest absolute Gasteiger partial charge is 0.486 e. The van der Waals surface area contributed by atoms with Gasteiger partial charge in [0.2, 0.25) is 11.8 Å². The predicted molar refractivity (Wildman–Crippen MR) is 124 cm³/mol. The van der Waals surface area contributed by atoms with E-state index in [2.05, 4.69) is 31.9 Å². The van der Waals surface area contributed by atoms with Crippen LogP contribution in [-0.2, 0) is 19.4 Å². The fraction of sp³-hybridized carbons (Fsp3) is 0.300. The number of nitrogens with one attached hydrogen (secondary N) is 3. The van der Waals surface area contributed by atoms with Gasteiger partial charge in [0.1, 0.15) is 18.7 Å². The van der Waals surface area contributed by atoms with Gasteiger partial charge in [-0.15, -0.1) is 11.8 Å². The SMILES string of the molecule is O=C(CSC1NCC(S(=O)(=O)c2ccc(Br)cc2)C(=O)N1)Nc1ccc2c(c1)OCCO2. The van der Waals surface area contributed by atoms with E-state index in [4.69, 9.17) is 9.47 Å². The van der Waals surface area contributed by atoms with Crippen LogP contribution in [0, 0.1) is 0 Å². The van der Waals surface area contributed by atoms with E-state index in [1.807, 2.05) is 0 Å². The lowest BCUT2D eigenvalue weighted by Gasteiger charge is -2.29. The molecular weight excluding hydrogens is 522 g/mol. The third-order valence-electron chi connectivity index (χ3n) is 4.78. The van der Waals surface area contributed by atoms with Crippen molar-refractivity contribution in [1.29, 1.82) is 0 Å². The van der Waals surface area contributed by atoms with Crippen LogP contribution in [0.4, 0.5) is 5.69 Å². The van der Waals surface area contributed by atoms with E-state index >= 15 is 0 Å². The Hall–Kier alpha value is -2.28. The Kier molecular flexibility index (Phi) is 6.93. The molecule has 2 unspecified atom stereocenters. The molecule has 170 valence electrons. The van der Waals surface area contributed by atoms with Crippen LogP contribution in [-0.4, -0.2) is 56.5 Å². The molecule has 12 heteroatoms. The maximum absolute atomic E-state index is 12.8. The first-order valence-corrected chi connectivity index (χ1v) is 13.1. The number of fused-ring (bicyclic) bond motifs is 1. The highest BCUT2D eigenvalue weighted by Crippen LogP contribution is 2.32. The summed E-state index contributed by atoms with van der Waals surface area (Å²) in [6.45, 7) is 0.887. The minimum Gasteiger partial charge on any atom is -0.486 e. The van der Waals surface area contributed by atoms with Crippen LogP contribution in [0.25, 0.3) is 0 Å². The minimum absolute atomic E-state index is 0.0499. The van der Waals surface area contributed by atoms with Gasteiger partial charge in [-0.05, 0) is 36.4 Å². The molecule has 2 heterocycles. The number of hydrogen-bond acceptors (Lipinski definition) is 8. The van der Waals surface area contributed by atoms with Crippen molar-refractivity contribution in [1.82, 2.24) is 10.6 Å². The fourth-order valence-corrected chi connectivity index (χ4v) is 5.77. The number of rotatable bonds is 6. The Balaban J connectivity index is 1.29. The molecule has 3 N–H and O–H groups in total. The number of hydrogen-bond donors (Lipinski definition) is 3. The van der Waals surface area contributed by atoms with Crippen LogP contribution in [0.3, 0.4) is 0 Å². The van der Waals surface area contributed by atoms with Gasteiger partial charge >= 0.3 is 0 Å². The van der Waals surface area contributed by atoms with Gasteiger partial charge < -0.3 is 20.1 Å². The third kappa shape index (κ3) is 5.20. The van der Waals surface area contributed by atoms with E-state index in [0.717, 1.165) is 16.2 Å². The van der Waals surface area contributed by atoms with Gasteiger partial charge in [-0.3, -0.25) is 14.9 Å². The zero-order valence-corrected chi connectivity index (χ0v) is 19.9. The number of amides is 2. The van der Waals surface area contributed by atoms with Crippen LogP contribution in [0.2, 0.25) is 0 Å². The topological polar surface area (TPSA) is 123 Å². The molecule has 0 spiro atoms. The number of carbonyl (C=O) groups excluding carboxylic acids is 2. The molecular formula is C20H20BrN3O6S2. The summed E-state index contributed by atoms with van der Waals surface area (Å²) in [4.78, 5) is 24.9. The first kappa shape index (κ1) is 22.9. The second-order valence-corrected chi connectivity index (χ2v) is 11.1. The Bertz CT molecular complexity index is 1130. The van der Waals surface area contributed by atoms with E-state index in [1.54, 1.807) is 30.3 Å². The molecule has 4 rings (SSSR count). The lowest BCUT2D eigenvalue weighted by atomic mass is 10.2. The highest BCUT2D eigenvalue weighted by Gasteiger charge is 2.38. The van der Waals surface area contributed by atoms with Gasteiger partial charge in [0.25, 0.3) is 0 Å². The molecule has 0 aliphatic carbocycles. The first-order chi connectivity index (χ1) is 15.3. The summed E-state index contributed by atoms with van der Waals surface area (Å²) >= 11 is 4.42. The summed E-state index contributed by atoms with van der Waals surface area (Å²) in [6.07, 6.45) is 0. The van der Waals surface area contributed by atoms with Gasteiger partial charge in [0.05, 0.1) is 10.6 Å². The summed E-state index contributed by atoms with van der Waals surface area (Å²) in [7, 11) is -3.84. The van der Waals surface area contributed by atoms with E-state index in [-0.39, 0.29) is 23.1 Å². The van der Waals surface area contributed by atoms with Gasteiger partial charge in [-0.25, -0.2) is 8.42 Å². The minimum atomic E-state index is -3.84. The summed E-state index contributed by atoms with van der Waals surface area (Å²) in [5.41, 5.74) is -0.00831. The molecule has 0 aromatic heterocycles. The van der Waals surface area contributed by atoms with Crippen molar-refractivity contribution in [3.63, 3.8) is 0 Å². The van der Waals surface area contributed by atoms with Crippen LogP contribution in [0.1, 0.15) is 0 Å². The number of benzene rings is 2. The molecule has 9 nitrogen and oxygen atoms in total. The molecule has 0 bridgehead atoms. The summed E-state index contributed by atoms with van der Waals surface area (Å²) in [6, 6.07) is 11.3. The number of carbonyl (C=O) groups is 2. The number of thioether (sulfide) groups is 1. The van der Waals surface area contributed by atoms with Crippen LogP contribution < -0.4 is 25.4 Å². The van der Waals surface area contributed by atoms with Crippen molar-refractivity contribution in [2.24, 2.45) is 0 Å². The van der Waals surface area contributed by atoms with E-state index in [1.165, 1.54) is 12.1 Å². The van der Waals surface area contributed by atoms with Crippen LogP contribution in [0.5, 0.6) is 11.5 Å². The molecule has 1 fully saturated rings. The lowest BCUT2D eigenvalue weighted by molar-refractivity contribution is -0.122. The fourth-order valence-electron chi connectivity index (χ4n) is 3.20. The van der Waals surface area contributed by atoms with E-state index < -0.39 is 26.5 Å². The molecule has 2 amide bonds. The second kappa shape index (κ2) is 9.69. The number of halogens is 1. The number of sulfone groups is 1. The molecule has 1 saturated heterocycles.